The number of piperazine rings is 1. The SMILES string of the molecule is Cc1cc(-c2nc(C(C)N3CCNCC3)no2)c(C)o1. The Bertz CT molecular complexity index is 584. The van der Waals surface area contributed by atoms with E-state index in [0.717, 1.165) is 49.1 Å². The highest BCUT2D eigenvalue weighted by molar-refractivity contribution is 5.56. The number of rotatable bonds is 3. The molecule has 0 saturated carbocycles. The van der Waals surface area contributed by atoms with Gasteiger partial charge in [-0.15, -0.1) is 0 Å². The number of hydrogen-bond donors (Lipinski definition) is 1. The Morgan fingerprint density at radius 1 is 1.30 bits per heavy atom. The monoisotopic (exact) mass is 276 g/mol. The molecule has 0 spiro atoms. The molecule has 6 heteroatoms. The first-order valence-corrected chi connectivity index (χ1v) is 7.01. The minimum absolute atomic E-state index is 0.169. The van der Waals surface area contributed by atoms with Gasteiger partial charge in [-0.3, -0.25) is 4.90 Å². The molecule has 1 saturated heterocycles. The van der Waals surface area contributed by atoms with Gasteiger partial charge in [0.15, 0.2) is 5.82 Å². The summed E-state index contributed by atoms with van der Waals surface area (Å²) in [5.41, 5.74) is 0.883. The van der Waals surface area contributed by atoms with Crippen LogP contribution in [0, 0.1) is 13.8 Å². The van der Waals surface area contributed by atoms with Gasteiger partial charge in [-0.2, -0.15) is 4.98 Å². The van der Waals surface area contributed by atoms with Crippen LogP contribution in [0.5, 0.6) is 0 Å². The van der Waals surface area contributed by atoms with Gasteiger partial charge < -0.3 is 14.3 Å². The maximum atomic E-state index is 5.51. The third kappa shape index (κ3) is 2.48. The van der Waals surface area contributed by atoms with E-state index in [4.69, 9.17) is 8.94 Å². The Labute approximate surface area is 118 Å². The lowest BCUT2D eigenvalue weighted by atomic mass is 10.2. The summed E-state index contributed by atoms with van der Waals surface area (Å²) in [6.07, 6.45) is 0. The maximum absolute atomic E-state index is 5.51. The standard InChI is InChI=1S/C14H20N4O2/c1-9-8-12(11(3)19-9)14-16-13(17-20-14)10(2)18-6-4-15-5-7-18/h8,10,15H,4-7H2,1-3H3. The second kappa shape index (κ2) is 5.38. The molecule has 3 rings (SSSR count). The van der Waals surface area contributed by atoms with Crippen LogP contribution in [0.2, 0.25) is 0 Å². The van der Waals surface area contributed by atoms with Gasteiger partial charge in [0.25, 0.3) is 5.89 Å². The molecule has 3 heterocycles. The van der Waals surface area contributed by atoms with Crippen LogP contribution >= 0.6 is 0 Å². The van der Waals surface area contributed by atoms with Crippen molar-refractivity contribution in [1.29, 1.82) is 0 Å². The zero-order valence-electron chi connectivity index (χ0n) is 12.1. The van der Waals surface area contributed by atoms with Gasteiger partial charge in [0.1, 0.15) is 11.5 Å². The van der Waals surface area contributed by atoms with Crippen LogP contribution < -0.4 is 5.32 Å². The predicted molar refractivity (Wildman–Crippen MR) is 74.3 cm³/mol. The van der Waals surface area contributed by atoms with Gasteiger partial charge in [0, 0.05) is 26.2 Å². The molecule has 108 valence electrons. The summed E-state index contributed by atoms with van der Waals surface area (Å²) < 4.78 is 10.9. The number of nitrogens with one attached hydrogen (secondary N) is 1. The number of aryl methyl sites for hydroxylation is 2. The van der Waals surface area contributed by atoms with Crippen molar-refractivity contribution >= 4 is 0 Å². The smallest absolute Gasteiger partial charge is 0.261 e. The minimum Gasteiger partial charge on any atom is -0.466 e. The summed E-state index contributed by atoms with van der Waals surface area (Å²) >= 11 is 0. The first-order chi connectivity index (χ1) is 9.65. The minimum atomic E-state index is 0.169. The topological polar surface area (TPSA) is 67.3 Å². The van der Waals surface area contributed by atoms with Crippen LogP contribution in [0.15, 0.2) is 15.0 Å². The Hall–Kier alpha value is -1.66. The van der Waals surface area contributed by atoms with E-state index in [-0.39, 0.29) is 6.04 Å². The zero-order chi connectivity index (χ0) is 14.1. The fraction of sp³-hybridized carbons (Fsp3) is 0.571. The first-order valence-electron chi connectivity index (χ1n) is 7.01. The zero-order valence-corrected chi connectivity index (χ0v) is 12.1. The number of furan rings is 1. The molecule has 1 aliphatic heterocycles. The summed E-state index contributed by atoms with van der Waals surface area (Å²) in [5.74, 6) is 2.94. The molecular weight excluding hydrogens is 256 g/mol. The molecular formula is C14H20N4O2. The number of nitrogens with zero attached hydrogens (tertiary/aromatic N) is 3. The van der Waals surface area contributed by atoms with E-state index in [1.165, 1.54) is 0 Å². The van der Waals surface area contributed by atoms with E-state index in [1.54, 1.807) is 0 Å². The fourth-order valence-corrected chi connectivity index (χ4v) is 2.59. The summed E-state index contributed by atoms with van der Waals surface area (Å²) in [6, 6.07) is 2.10. The summed E-state index contributed by atoms with van der Waals surface area (Å²) in [5, 5.41) is 7.47. The summed E-state index contributed by atoms with van der Waals surface area (Å²) in [4.78, 5) is 6.89. The number of hydrogen-bond acceptors (Lipinski definition) is 6. The molecule has 0 bridgehead atoms. The van der Waals surface area contributed by atoms with Crippen molar-refractivity contribution in [2.45, 2.75) is 26.8 Å². The van der Waals surface area contributed by atoms with Crippen LogP contribution in [0.1, 0.15) is 30.3 Å². The highest BCUT2D eigenvalue weighted by Crippen LogP contribution is 2.27. The van der Waals surface area contributed by atoms with Gasteiger partial charge in [0.05, 0.1) is 11.6 Å². The normalized spacial score (nSPS) is 18.4. The van der Waals surface area contributed by atoms with Crippen molar-refractivity contribution in [3.05, 3.63) is 23.4 Å². The molecule has 1 N–H and O–H groups in total. The van der Waals surface area contributed by atoms with Gasteiger partial charge in [-0.25, -0.2) is 0 Å². The Morgan fingerprint density at radius 2 is 2.05 bits per heavy atom. The van der Waals surface area contributed by atoms with Gasteiger partial charge in [-0.1, -0.05) is 5.16 Å². The third-order valence-electron chi connectivity index (χ3n) is 3.79. The molecule has 1 unspecified atom stereocenters. The van der Waals surface area contributed by atoms with Crippen molar-refractivity contribution < 1.29 is 8.94 Å². The molecule has 0 amide bonds. The summed E-state index contributed by atoms with van der Waals surface area (Å²) in [6.45, 7) is 9.98. The molecule has 2 aromatic rings. The lowest BCUT2D eigenvalue weighted by molar-refractivity contribution is 0.176. The second-order valence-electron chi connectivity index (χ2n) is 5.25. The summed E-state index contributed by atoms with van der Waals surface area (Å²) in [7, 11) is 0. The van der Waals surface area contributed by atoms with Crippen molar-refractivity contribution in [1.82, 2.24) is 20.4 Å². The van der Waals surface area contributed by atoms with Crippen LogP contribution in [-0.4, -0.2) is 41.2 Å². The van der Waals surface area contributed by atoms with Crippen LogP contribution in [-0.2, 0) is 0 Å². The van der Waals surface area contributed by atoms with Crippen molar-refractivity contribution in [2.75, 3.05) is 26.2 Å². The average molecular weight is 276 g/mol. The van der Waals surface area contributed by atoms with E-state index in [9.17, 15) is 0 Å². The molecule has 0 aliphatic carbocycles. The lowest BCUT2D eigenvalue weighted by Crippen LogP contribution is -2.44. The first kappa shape index (κ1) is 13.3. The van der Waals surface area contributed by atoms with Gasteiger partial charge in [0.2, 0.25) is 0 Å². The van der Waals surface area contributed by atoms with Crippen molar-refractivity contribution in [2.24, 2.45) is 0 Å². The van der Waals surface area contributed by atoms with E-state index < -0.39 is 0 Å². The predicted octanol–water partition coefficient (Wildman–Crippen LogP) is 1.91. The Morgan fingerprint density at radius 3 is 2.70 bits per heavy atom. The lowest BCUT2D eigenvalue weighted by Gasteiger charge is -2.30. The fourth-order valence-electron chi connectivity index (χ4n) is 2.59. The molecule has 6 nitrogen and oxygen atoms in total. The molecule has 1 atom stereocenters. The molecule has 1 fully saturated rings. The highest BCUT2D eigenvalue weighted by Gasteiger charge is 2.23. The second-order valence-corrected chi connectivity index (χ2v) is 5.25. The van der Waals surface area contributed by atoms with Crippen LogP contribution in [0.25, 0.3) is 11.5 Å². The van der Waals surface area contributed by atoms with Crippen molar-refractivity contribution in [3.63, 3.8) is 0 Å². The molecule has 0 aromatic carbocycles. The van der Waals surface area contributed by atoms with E-state index in [1.807, 2.05) is 19.9 Å². The van der Waals surface area contributed by atoms with E-state index in [2.05, 4.69) is 27.3 Å². The van der Waals surface area contributed by atoms with Gasteiger partial charge in [-0.05, 0) is 26.8 Å². The average Bonchev–Trinajstić information content (AvgIpc) is 3.05. The molecule has 0 radical (unpaired) electrons. The van der Waals surface area contributed by atoms with E-state index in [0.29, 0.717) is 5.89 Å². The van der Waals surface area contributed by atoms with Crippen LogP contribution in [0.3, 0.4) is 0 Å². The highest BCUT2D eigenvalue weighted by atomic mass is 16.5. The quantitative estimate of drug-likeness (QED) is 0.923. The van der Waals surface area contributed by atoms with Crippen LogP contribution in [0.4, 0.5) is 0 Å². The largest absolute Gasteiger partial charge is 0.466 e. The maximum Gasteiger partial charge on any atom is 0.261 e. The molecule has 1 aliphatic rings. The molecule has 20 heavy (non-hydrogen) atoms. The Balaban J connectivity index is 1.81. The van der Waals surface area contributed by atoms with Gasteiger partial charge >= 0.3 is 0 Å². The third-order valence-corrected chi connectivity index (χ3v) is 3.79. The van der Waals surface area contributed by atoms with Crippen molar-refractivity contribution in [3.8, 4) is 11.5 Å². The van der Waals surface area contributed by atoms with E-state index >= 15 is 0 Å². The number of aromatic nitrogens is 2. The molecule has 2 aromatic heterocycles. The Kier molecular flexibility index (Phi) is 3.58.